The van der Waals surface area contributed by atoms with Gasteiger partial charge in [0.25, 0.3) is 0 Å². The second kappa shape index (κ2) is 3.52. The molecule has 0 atom stereocenters. The number of hydrogen-bond acceptors (Lipinski definition) is 5. The fourth-order valence-corrected chi connectivity index (χ4v) is 2.23. The third-order valence-electron chi connectivity index (χ3n) is 3.08. The minimum Gasteiger partial charge on any atom is -0.789 e. The second-order valence-corrected chi connectivity index (χ2v) is 4.13. The molecule has 0 spiro atoms. The molecule has 0 saturated heterocycles. The summed E-state index contributed by atoms with van der Waals surface area (Å²) in [6.07, 6.45) is 0. The molecule has 0 aliphatic rings. The molecule has 0 radical (unpaired) electrons. The van der Waals surface area contributed by atoms with Crippen LogP contribution in [0.3, 0.4) is 0 Å². The Morgan fingerprint density at radius 1 is 0.947 bits per heavy atom. The maximum atomic E-state index is 11.5. The zero-order valence-corrected chi connectivity index (χ0v) is 9.61. The fraction of sp³-hybridized carbons (Fsp3) is 0. The van der Waals surface area contributed by atoms with Gasteiger partial charge in [-0.3, -0.25) is 4.85 Å². The molecule has 0 amide bonds. The number of nitrogens with zero attached hydrogens (tertiary/aromatic N) is 5. The van der Waals surface area contributed by atoms with Crippen molar-refractivity contribution in [1.29, 1.82) is 0 Å². The SMILES string of the molecule is [O-]n1nnc2c(-c3cccc4n[nH]nc34)cccc21. The predicted octanol–water partition coefficient (Wildman–Crippen LogP) is 1.72. The first-order valence-electron chi connectivity index (χ1n) is 5.66. The van der Waals surface area contributed by atoms with E-state index in [4.69, 9.17) is 0 Å². The number of rotatable bonds is 1. The Labute approximate surface area is 106 Å². The summed E-state index contributed by atoms with van der Waals surface area (Å²) in [5.41, 5.74) is 4.21. The first kappa shape index (κ1) is 10.0. The molecule has 92 valence electrons. The van der Waals surface area contributed by atoms with Crippen LogP contribution >= 0.6 is 0 Å². The monoisotopic (exact) mass is 251 g/mol. The average molecular weight is 251 g/mol. The number of nitrogens with one attached hydrogen (secondary N) is 1. The molecule has 7 nitrogen and oxygen atoms in total. The van der Waals surface area contributed by atoms with Crippen LogP contribution in [0.5, 0.6) is 0 Å². The highest BCUT2D eigenvalue weighted by molar-refractivity contribution is 6.00. The van der Waals surface area contributed by atoms with Crippen molar-refractivity contribution in [3.8, 4) is 11.1 Å². The number of benzene rings is 2. The average Bonchev–Trinajstić information content (AvgIpc) is 3.05. The van der Waals surface area contributed by atoms with Crippen molar-refractivity contribution in [3.63, 3.8) is 0 Å². The van der Waals surface area contributed by atoms with Gasteiger partial charge in [0.2, 0.25) is 0 Å². The first-order chi connectivity index (χ1) is 9.34. The van der Waals surface area contributed by atoms with Crippen molar-refractivity contribution in [2.24, 2.45) is 0 Å². The second-order valence-electron chi connectivity index (χ2n) is 4.13. The molecule has 19 heavy (non-hydrogen) atoms. The van der Waals surface area contributed by atoms with Crippen molar-refractivity contribution >= 4 is 22.1 Å². The lowest BCUT2D eigenvalue weighted by Gasteiger charge is -2.05. The Kier molecular flexibility index (Phi) is 1.85. The van der Waals surface area contributed by atoms with E-state index in [0.717, 1.165) is 22.2 Å². The number of fused-ring (bicyclic) bond motifs is 2. The normalized spacial score (nSPS) is 11.4. The van der Waals surface area contributed by atoms with Gasteiger partial charge in [-0.1, -0.05) is 29.5 Å². The molecule has 0 bridgehead atoms. The lowest BCUT2D eigenvalue weighted by molar-refractivity contribution is 0.828. The van der Waals surface area contributed by atoms with E-state index in [1.807, 2.05) is 24.3 Å². The van der Waals surface area contributed by atoms with Gasteiger partial charge in [-0.15, -0.1) is 5.10 Å². The number of aromatic amines is 1. The quantitative estimate of drug-likeness (QED) is 0.555. The summed E-state index contributed by atoms with van der Waals surface area (Å²) in [7, 11) is 0. The zero-order chi connectivity index (χ0) is 12.8. The van der Waals surface area contributed by atoms with Gasteiger partial charge in [-0.05, 0) is 12.1 Å². The molecule has 0 aliphatic heterocycles. The van der Waals surface area contributed by atoms with Gasteiger partial charge in [-0.25, -0.2) is 0 Å². The Bertz CT molecular complexity index is 893. The van der Waals surface area contributed by atoms with Crippen LogP contribution in [0.2, 0.25) is 0 Å². The van der Waals surface area contributed by atoms with E-state index in [0.29, 0.717) is 15.9 Å². The Balaban J connectivity index is 2.12. The number of H-pyrrole nitrogens is 1. The standard InChI is InChI=1S/C12H7N6O/c19-18-10-6-2-4-8(12(10)15-17-18)7-3-1-5-9-11(7)14-16-13-9/h1-6H,(H,13,14,16)/q-1. The van der Waals surface area contributed by atoms with Crippen molar-refractivity contribution < 1.29 is 0 Å². The fourth-order valence-electron chi connectivity index (χ4n) is 2.23. The largest absolute Gasteiger partial charge is 0.789 e. The van der Waals surface area contributed by atoms with E-state index in [9.17, 15) is 5.21 Å². The van der Waals surface area contributed by atoms with Crippen LogP contribution < -0.4 is 0 Å². The zero-order valence-electron chi connectivity index (χ0n) is 9.61. The molecule has 2 aromatic carbocycles. The Hall–Kier alpha value is -2.96. The van der Waals surface area contributed by atoms with Gasteiger partial charge >= 0.3 is 0 Å². The molecule has 0 fully saturated rings. The minimum atomic E-state index is 0.443. The molecular formula is C12H7N6O-. The van der Waals surface area contributed by atoms with Gasteiger partial charge < -0.3 is 5.21 Å². The predicted molar refractivity (Wildman–Crippen MR) is 69.2 cm³/mol. The maximum absolute atomic E-state index is 11.5. The minimum absolute atomic E-state index is 0.443. The Morgan fingerprint density at radius 2 is 1.74 bits per heavy atom. The highest BCUT2D eigenvalue weighted by Crippen LogP contribution is 2.30. The van der Waals surface area contributed by atoms with Gasteiger partial charge in [0.1, 0.15) is 16.6 Å². The van der Waals surface area contributed by atoms with Crippen LogP contribution in [0.4, 0.5) is 0 Å². The molecule has 1 N–H and O–H groups in total. The summed E-state index contributed by atoms with van der Waals surface area (Å²) < 4.78 is 0. The molecule has 0 saturated carbocycles. The van der Waals surface area contributed by atoms with Crippen LogP contribution in [0.15, 0.2) is 36.4 Å². The maximum Gasteiger partial charge on any atom is 0.120 e. The summed E-state index contributed by atoms with van der Waals surface area (Å²) in [6.45, 7) is 0. The third-order valence-corrected chi connectivity index (χ3v) is 3.08. The summed E-state index contributed by atoms with van der Waals surface area (Å²) in [6, 6.07) is 11.1. The molecule has 2 aromatic heterocycles. The lowest BCUT2D eigenvalue weighted by Crippen LogP contribution is -1.87. The van der Waals surface area contributed by atoms with Crippen LogP contribution in [-0.4, -0.2) is 30.6 Å². The van der Waals surface area contributed by atoms with Crippen molar-refractivity contribution in [2.75, 3.05) is 0 Å². The summed E-state index contributed by atoms with van der Waals surface area (Å²) in [5.74, 6) is 0. The molecule has 4 aromatic rings. The van der Waals surface area contributed by atoms with E-state index in [1.165, 1.54) is 0 Å². The Morgan fingerprint density at radius 3 is 2.63 bits per heavy atom. The van der Waals surface area contributed by atoms with Gasteiger partial charge in [0.15, 0.2) is 0 Å². The van der Waals surface area contributed by atoms with Crippen LogP contribution in [-0.2, 0) is 0 Å². The van der Waals surface area contributed by atoms with E-state index in [2.05, 4.69) is 25.7 Å². The van der Waals surface area contributed by atoms with Crippen molar-refractivity contribution in [2.45, 2.75) is 0 Å². The summed E-state index contributed by atoms with van der Waals surface area (Å²) in [4.78, 5) is 0.516. The molecular weight excluding hydrogens is 244 g/mol. The summed E-state index contributed by atoms with van der Waals surface area (Å²) >= 11 is 0. The molecule has 2 heterocycles. The van der Waals surface area contributed by atoms with E-state index < -0.39 is 0 Å². The molecule has 0 unspecified atom stereocenters. The van der Waals surface area contributed by atoms with Gasteiger partial charge in [0, 0.05) is 11.1 Å². The molecule has 4 rings (SSSR count). The third kappa shape index (κ3) is 1.32. The van der Waals surface area contributed by atoms with Crippen molar-refractivity contribution in [1.82, 2.24) is 30.6 Å². The van der Waals surface area contributed by atoms with E-state index in [-0.39, 0.29) is 0 Å². The topological polar surface area (TPSA) is 95.3 Å². The van der Waals surface area contributed by atoms with Crippen molar-refractivity contribution in [3.05, 3.63) is 41.6 Å². The molecule has 7 heteroatoms. The smallest absolute Gasteiger partial charge is 0.120 e. The molecule has 0 aliphatic carbocycles. The van der Waals surface area contributed by atoms with E-state index in [1.54, 1.807) is 12.1 Å². The van der Waals surface area contributed by atoms with Crippen LogP contribution in [0, 0.1) is 5.21 Å². The van der Waals surface area contributed by atoms with E-state index >= 15 is 0 Å². The summed E-state index contributed by atoms with van der Waals surface area (Å²) in [5, 5.41) is 29.7. The van der Waals surface area contributed by atoms with Crippen LogP contribution in [0.25, 0.3) is 33.2 Å². The highest BCUT2D eigenvalue weighted by Gasteiger charge is 2.12. The number of aromatic nitrogens is 6. The van der Waals surface area contributed by atoms with Gasteiger partial charge in [0.05, 0.1) is 5.52 Å². The lowest BCUT2D eigenvalue weighted by atomic mass is 10.0. The number of hydrogen-bond donors (Lipinski definition) is 1. The van der Waals surface area contributed by atoms with Gasteiger partial charge in [-0.2, -0.15) is 15.4 Å². The first-order valence-corrected chi connectivity index (χ1v) is 5.66. The van der Waals surface area contributed by atoms with Crippen LogP contribution in [0.1, 0.15) is 0 Å². The highest BCUT2D eigenvalue weighted by atomic mass is 16.5. The number of para-hydroxylation sites is 1.